The van der Waals surface area contributed by atoms with Crippen molar-refractivity contribution in [2.24, 2.45) is 0 Å². The van der Waals surface area contributed by atoms with Gasteiger partial charge < -0.3 is 29.4 Å². The number of imidazole rings is 1. The number of rotatable bonds is 5. The van der Waals surface area contributed by atoms with Gasteiger partial charge in [0.25, 0.3) is 6.01 Å². The molecule has 2 aliphatic rings. The molecule has 0 aliphatic carbocycles. The smallest absolute Gasteiger partial charge is 0.298 e. The van der Waals surface area contributed by atoms with Crippen LogP contribution in [-0.2, 0) is 15.1 Å². The number of hydrogen-bond donors (Lipinski definition) is 3. The maximum Gasteiger partial charge on any atom is 0.298 e. The van der Waals surface area contributed by atoms with Crippen LogP contribution in [0.4, 0.5) is 4.39 Å². The molecule has 192 valence electrons. The molecule has 0 spiro atoms. The first kappa shape index (κ1) is 24.3. The third-order valence-corrected chi connectivity index (χ3v) is 7.02. The molecule has 2 fully saturated rings. The molecule has 3 N–H and O–H groups in total. The van der Waals surface area contributed by atoms with Crippen LogP contribution >= 0.6 is 11.6 Å². The van der Waals surface area contributed by atoms with Crippen LogP contribution in [0.15, 0.2) is 48.5 Å². The number of ether oxygens (including phenoxy) is 3. The van der Waals surface area contributed by atoms with Crippen molar-refractivity contribution < 1.29 is 28.8 Å². The summed E-state index contributed by atoms with van der Waals surface area (Å²) in [5.41, 5.74) is 2.84. The van der Waals surface area contributed by atoms with E-state index in [1.54, 1.807) is 32.0 Å². The van der Waals surface area contributed by atoms with Gasteiger partial charge in [-0.2, -0.15) is 4.98 Å². The van der Waals surface area contributed by atoms with E-state index in [9.17, 15) is 14.6 Å². The largest absolute Gasteiger partial charge is 0.435 e. The third-order valence-electron chi connectivity index (χ3n) is 6.73. The van der Waals surface area contributed by atoms with E-state index in [0.29, 0.717) is 33.9 Å². The van der Waals surface area contributed by atoms with Crippen molar-refractivity contribution in [1.29, 1.82) is 0 Å². The maximum absolute atomic E-state index is 14.6. The van der Waals surface area contributed by atoms with Crippen LogP contribution in [0, 0.1) is 5.82 Å². The molecule has 37 heavy (non-hydrogen) atoms. The minimum atomic E-state index is -1.26. The van der Waals surface area contributed by atoms with Gasteiger partial charge in [0.1, 0.15) is 18.0 Å². The van der Waals surface area contributed by atoms with E-state index in [-0.39, 0.29) is 24.3 Å². The minimum absolute atomic E-state index is 0.192. The van der Waals surface area contributed by atoms with Crippen molar-refractivity contribution in [2.75, 3.05) is 6.61 Å². The van der Waals surface area contributed by atoms with Crippen molar-refractivity contribution in [3.05, 3.63) is 64.9 Å². The van der Waals surface area contributed by atoms with Gasteiger partial charge in [-0.25, -0.2) is 9.37 Å². The monoisotopic (exact) mass is 525 g/mol. The number of aliphatic hydroxyl groups excluding tert-OH is 1. The van der Waals surface area contributed by atoms with Crippen molar-refractivity contribution in [3.8, 4) is 28.4 Å². The molecular formula is C27H25ClFN3O5. The van der Waals surface area contributed by atoms with E-state index >= 15 is 0 Å². The lowest BCUT2D eigenvalue weighted by molar-refractivity contribution is -0.103. The Balaban J connectivity index is 1.22. The fourth-order valence-electron chi connectivity index (χ4n) is 4.83. The second kappa shape index (κ2) is 9.04. The number of fused-ring (bicyclic) bond motifs is 2. The Morgan fingerprint density at radius 2 is 1.81 bits per heavy atom. The number of nitrogens with zero attached hydrogens (tertiary/aromatic N) is 2. The van der Waals surface area contributed by atoms with E-state index < -0.39 is 29.9 Å². The molecule has 0 saturated carbocycles. The summed E-state index contributed by atoms with van der Waals surface area (Å²) < 4.78 is 31.6. The summed E-state index contributed by atoms with van der Waals surface area (Å²) in [6.07, 6.45) is -1.34. The Hall–Kier alpha value is -3.08. The number of halogens is 2. The highest BCUT2D eigenvalue weighted by atomic mass is 35.5. The number of pyridine rings is 1. The van der Waals surface area contributed by atoms with Gasteiger partial charge in [0.2, 0.25) is 6.29 Å². The SMILES string of the molecule is CC(C)(O)c1ccc(-c2ccc(-c3nc4nc(O[C@H]5C[C@H]6OC[C@@H](O)[C@H]6O5)[nH]c4cc3Cl)cc2)cc1F. The normalized spacial score (nSPS) is 23.5. The molecule has 4 aromatic rings. The Morgan fingerprint density at radius 3 is 2.51 bits per heavy atom. The third kappa shape index (κ3) is 4.58. The molecule has 0 bridgehead atoms. The second-order valence-electron chi connectivity index (χ2n) is 9.89. The summed E-state index contributed by atoms with van der Waals surface area (Å²) >= 11 is 6.54. The molecule has 2 aromatic carbocycles. The van der Waals surface area contributed by atoms with Crippen molar-refractivity contribution in [1.82, 2.24) is 15.0 Å². The standard InChI is InChI=1S/C27H25ClFN3O5/c1-27(2,34)16-8-7-15(9-18(16)29)13-3-5-14(6-4-13)23-17(28)10-19-25(31-23)32-26(30-19)37-22-11-21-24(36-22)20(33)12-35-21/h3-10,20-22,24,33-34H,11-12H2,1-2H3,(H,30,31,32)/t20-,21-,22+,24-/m1/s1. The summed E-state index contributed by atoms with van der Waals surface area (Å²) in [5, 5.41) is 20.5. The van der Waals surface area contributed by atoms with Gasteiger partial charge in [-0.15, -0.1) is 0 Å². The fraction of sp³-hybridized carbons (Fsp3) is 0.333. The quantitative estimate of drug-likeness (QED) is 0.350. The summed E-state index contributed by atoms with van der Waals surface area (Å²) in [6, 6.07) is 14.2. The average molecular weight is 526 g/mol. The highest BCUT2D eigenvalue weighted by molar-refractivity contribution is 6.33. The van der Waals surface area contributed by atoms with Crippen LogP contribution in [0.3, 0.4) is 0 Å². The summed E-state index contributed by atoms with van der Waals surface area (Å²) in [4.78, 5) is 12.1. The predicted molar refractivity (Wildman–Crippen MR) is 135 cm³/mol. The average Bonchev–Trinajstić information content (AvgIpc) is 3.53. The highest BCUT2D eigenvalue weighted by Gasteiger charge is 2.46. The molecule has 2 saturated heterocycles. The maximum atomic E-state index is 14.6. The van der Waals surface area contributed by atoms with Gasteiger partial charge in [0, 0.05) is 17.5 Å². The van der Waals surface area contributed by atoms with Crippen LogP contribution in [0.25, 0.3) is 33.5 Å². The van der Waals surface area contributed by atoms with Crippen LogP contribution in [0.2, 0.25) is 5.02 Å². The molecule has 2 aromatic heterocycles. The molecule has 8 nitrogen and oxygen atoms in total. The van der Waals surface area contributed by atoms with E-state index in [1.165, 1.54) is 6.07 Å². The summed E-state index contributed by atoms with van der Waals surface area (Å²) in [5.74, 6) is -0.462. The summed E-state index contributed by atoms with van der Waals surface area (Å²) in [7, 11) is 0. The predicted octanol–water partition coefficient (Wildman–Crippen LogP) is 4.57. The lowest BCUT2D eigenvalue weighted by Gasteiger charge is -2.19. The number of nitrogens with one attached hydrogen (secondary N) is 1. The topological polar surface area (TPSA) is 110 Å². The molecular weight excluding hydrogens is 501 g/mol. The van der Waals surface area contributed by atoms with Crippen LogP contribution in [0.1, 0.15) is 25.8 Å². The summed E-state index contributed by atoms with van der Waals surface area (Å²) in [6.45, 7) is 3.37. The fourth-order valence-corrected chi connectivity index (χ4v) is 5.09. The van der Waals surface area contributed by atoms with Gasteiger partial charge >= 0.3 is 0 Å². The number of aliphatic hydroxyl groups is 2. The van der Waals surface area contributed by atoms with Crippen LogP contribution in [0.5, 0.6) is 6.01 Å². The Morgan fingerprint density at radius 1 is 1.08 bits per heavy atom. The first-order valence-electron chi connectivity index (χ1n) is 12.0. The molecule has 2 aliphatic heterocycles. The number of aromatic amines is 1. The van der Waals surface area contributed by atoms with Gasteiger partial charge in [-0.3, -0.25) is 0 Å². The molecule has 0 amide bonds. The Kier molecular flexibility index (Phi) is 5.93. The lowest BCUT2D eigenvalue weighted by atomic mass is 9.94. The van der Waals surface area contributed by atoms with Crippen molar-refractivity contribution in [3.63, 3.8) is 0 Å². The van der Waals surface area contributed by atoms with E-state index in [0.717, 1.165) is 11.1 Å². The zero-order chi connectivity index (χ0) is 25.9. The molecule has 6 rings (SSSR count). The van der Waals surface area contributed by atoms with Gasteiger partial charge in [0.15, 0.2) is 5.65 Å². The van der Waals surface area contributed by atoms with Crippen LogP contribution in [-0.4, -0.2) is 56.4 Å². The first-order valence-corrected chi connectivity index (χ1v) is 12.3. The molecule has 4 atom stereocenters. The minimum Gasteiger partial charge on any atom is -0.435 e. The molecule has 4 heterocycles. The second-order valence-corrected chi connectivity index (χ2v) is 10.3. The highest BCUT2D eigenvalue weighted by Crippen LogP contribution is 2.34. The molecule has 0 unspecified atom stereocenters. The van der Waals surface area contributed by atoms with Crippen molar-refractivity contribution in [2.45, 2.75) is 50.5 Å². The zero-order valence-electron chi connectivity index (χ0n) is 20.1. The van der Waals surface area contributed by atoms with Gasteiger partial charge in [-0.05, 0) is 37.1 Å². The van der Waals surface area contributed by atoms with E-state index in [4.69, 9.17) is 25.8 Å². The first-order chi connectivity index (χ1) is 17.7. The van der Waals surface area contributed by atoms with Gasteiger partial charge in [-0.1, -0.05) is 48.0 Å². The molecule has 10 heteroatoms. The number of benzene rings is 2. The lowest BCUT2D eigenvalue weighted by Crippen LogP contribution is -2.28. The van der Waals surface area contributed by atoms with Gasteiger partial charge in [0.05, 0.1) is 34.5 Å². The Labute approximate surface area is 217 Å². The molecule has 0 radical (unpaired) electrons. The van der Waals surface area contributed by atoms with Crippen molar-refractivity contribution >= 4 is 22.8 Å². The zero-order valence-corrected chi connectivity index (χ0v) is 20.9. The van der Waals surface area contributed by atoms with E-state index in [1.807, 2.05) is 24.3 Å². The number of hydrogen-bond acceptors (Lipinski definition) is 7. The Bertz CT molecular complexity index is 1470. The number of aromatic nitrogens is 3. The van der Waals surface area contributed by atoms with E-state index in [2.05, 4.69) is 15.0 Å². The van der Waals surface area contributed by atoms with Crippen LogP contribution < -0.4 is 4.74 Å². The number of H-pyrrole nitrogens is 1.